The smallest absolute Gasteiger partial charge is 0.374 e. The highest BCUT2D eigenvalue weighted by atomic mass is 16.5. The molecule has 15 heavy (non-hydrogen) atoms. The van der Waals surface area contributed by atoms with Gasteiger partial charge in [0.15, 0.2) is 0 Å². The molecule has 0 bridgehead atoms. The largest absolute Gasteiger partial charge is 0.463 e. The van der Waals surface area contributed by atoms with Crippen LogP contribution >= 0.6 is 0 Å². The van der Waals surface area contributed by atoms with E-state index >= 15 is 0 Å². The Morgan fingerprint density at radius 1 is 1.80 bits per heavy atom. The second kappa shape index (κ2) is 5.36. The summed E-state index contributed by atoms with van der Waals surface area (Å²) in [6.07, 6.45) is 3.26. The van der Waals surface area contributed by atoms with Gasteiger partial charge in [-0.1, -0.05) is 6.08 Å². The second-order valence-corrected chi connectivity index (χ2v) is 3.17. The average molecular weight is 209 g/mol. The van der Waals surface area contributed by atoms with Crippen LogP contribution < -0.4 is 5.32 Å². The minimum atomic E-state index is -0.456. The van der Waals surface area contributed by atoms with Gasteiger partial charge in [-0.05, 0) is 13.0 Å². The predicted molar refractivity (Wildman–Crippen MR) is 56.5 cm³/mol. The predicted octanol–water partition coefficient (Wildman–Crippen LogP) is 1.73. The standard InChI is InChI=1S/C11H15NO3/c1-4-8(2)12-7-9-5-6-15-10(9)11(13)14-3/h4-6,8,12H,1,7H2,2-3H3. The summed E-state index contributed by atoms with van der Waals surface area (Å²) in [5.41, 5.74) is 0.788. The quantitative estimate of drug-likeness (QED) is 0.592. The first kappa shape index (κ1) is 11.5. The van der Waals surface area contributed by atoms with Gasteiger partial charge >= 0.3 is 5.97 Å². The van der Waals surface area contributed by atoms with Crippen LogP contribution in [0.2, 0.25) is 0 Å². The van der Waals surface area contributed by atoms with E-state index in [1.54, 1.807) is 12.1 Å². The molecule has 0 saturated heterocycles. The van der Waals surface area contributed by atoms with Gasteiger partial charge in [-0.25, -0.2) is 4.79 Å². The van der Waals surface area contributed by atoms with Crippen molar-refractivity contribution in [2.75, 3.05) is 7.11 Å². The molecule has 0 radical (unpaired) electrons. The normalized spacial score (nSPS) is 12.1. The highest BCUT2D eigenvalue weighted by molar-refractivity contribution is 5.87. The lowest BCUT2D eigenvalue weighted by Crippen LogP contribution is -2.23. The Labute approximate surface area is 88.9 Å². The van der Waals surface area contributed by atoms with Crippen LogP contribution in [0.25, 0.3) is 0 Å². The lowest BCUT2D eigenvalue weighted by Gasteiger charge is -2.07. The first-order valence-electron chi connectivity index (χ1n) is 4.69. The van der Waals surface area contributed by atoms with Crippen LogP contribution in [-0.4, -0.2) is 19.1 Å². The van der Waals surface area contributed by atoms with E-state index in [0.717, 1.165) is 5.56 Å². The molecule has 1 heterocycles. The van der Waals surface area contributed by atoms with Crippen molar-refractivity contribution >= 4 is 5.97 Å². The maximum Gasteiger partial charge on any atom is 0.374 e. The molecule has 4 nitrogen and oxygen atoms in total. The molecule has 1 unspecified atom stereocenters. The van der Waals surface area contributed by atoms with Crippen LogP contribution in [0, 0.1) is 0 Å². The zero-order chi connectivity index (χ0) is 11.3. The maximum absolute atomic E-state index is 11.2. The molecular formula is C11H15NO3. The number of furan rings is 1. The fraction of sp³-hybridized carbons (Fsp3) is 0.364. The van der Waals surface area contributed by atoms with E-state index < -0.39 is 5.97 Å². The summed E-state index contributed by atoms with van der Waals surface area (Å²) in [6, 6.07) is 1.93. The Morgan fingerprint density at radius 2 is 2.53 bits per heavy atom. The van der Waals surface area contributed by atoms with Crippen molar-refractivity contribution in [3.8, 4) is 0 Å². The molecule has 0 fully saturated rings. The van der Waals surface area contributed by atoms with Crippen molar-refractivity contribution in [3.63, 3.8) is 0 Å². The number of carbonyl (C=O) groups is 1. The van der Waals surface area contributed by atoms with E-state index in [0.29, 0.717) is 6.54 Å². The van der Waals surface area contributed by atoms with Crippen molar-refractivity contribution in [2.24, 2.45) is 0 Å². The average Bonchev–Trinajstić information content (AvgIpc) is 2.72. The van der Waals surface area contributed by atoms with E-state index in [1.165, 1.54) is 13.4 Å². The number of hydrogen-bond donors (Lipinski definition) is 1. The fourth-order valence-electron chi connectivity index (χ4n) is 1.10. The van der Waals surface area contributed by atoms with Crippen LogP contribution in [0.4, 0.5) is 0 Å². The molecule has 0 amide bonds. The summed E-state index contributed by atoms with van der Waals surface area (Å²) in [6.45, 7) is 6.18. The third-order valence-electron chi connectivity index (χ3n) is 2.09. The topological polar surface area (TPSA) is 51.5 Å². The minimum Gasteiger partial charge on any atom is -0.463 e. The minimum absolute atomic E-state index is 0.186. The number of rotatable bonds is 5. The monoisotopic (exact) mass is 209 g/mol. The molecule has 0 spiro atoms. The molecule has 0 aromatic carbocycles. The molecule has 0 aliphatic carbocycles. The molecule has 0 aliphatic heterocycles. The maximum atomic E-state index is 11.2. The molecule has 0 aliphatic rings. The molecule has 1 rings (SSSR count). The number of carbonyl (C=O) groups excluding carboxylic acids is 1. The molecule has 0 saturated carbocycles. The van der Waals surface area contributed by atoms with Gasteiger partial charge in [0, 0.05) is 18.2 Å². The summed E-state index contributed by atoms with van der Waals surface area (Å²) in [7, 11) is 1.33. The number of ether oxygens (including phenoxy) is 1. The Bertz CT molecular complexity index is 343. The van der Waals surface area contributed by atoms with Gasteiger partial charge in [0.25, 0.3) is 0 Å². The molecule has 1 N–H and O–H groups in total. The first-order chi connectivity index (χ1) is 7.19. The van der Waals surface area contributed by atoms with Crippen LogP contribution in [0.1, 0.15) is 23.0 Å². The lowest BCUT2D eigenvalue weighted by molar-refractivity contribution is 0.0563. The Kier molecular flexibility index (Phi) is 4.12. The highest BCUT2D eigenvalue weighted by Gasteiger charge is 2.15. The van der Waals surface area contributed by atoms with Crippen LogP contribution in [0.15, 0.2) is 29.4 Å². The highest BCUT2D eigenvalue weighted by Crippen LogP contribution is 2.11. The van der Waals surface area contributed by atoms with Gasteiger partial charge in [-0.15, -0.1) is 6.58 Å². The lowest BCUT2D eigenvalue weighted by atomic mass is 10.2. The van der Waals surface area contributed by atoms with Crippen molar-refractivity contribution in [3.05, 3.63) is 36.3 Å². The summed E-state index contributed by atoms with van der Waals surface area (Å²) in [5, 5.41) is 3.17. The van der Waals surface area contributed by atoms with Crippen molar-refractivity contribution in [1.82, 2.24) is 5.32 Å². The zero-order valence-electron chi connectivity index (χ0n) is 8.95. The number of esters is 1. The second-order valence-electron chi connectivity index (χ2n) is 3.17. The van der Waals surface area contributed by atoms with Gasteiger partial charge in [-0.2, -0.15) is 0 Å². The number of hydrogen-bond acceptors (Lipinski definition) is 4. The number of nitrogens with one attached hydrogen (secondary N) is 1. The van der Waals surface area contributed by atoms with Gasteiger partial charge in [0.2, 0.25) is 5.76 Å². The summed E-state index contributed by atoms with van der Waals surface area (Å²) in [4.78, 5) is 11.2. The zero-order valence-corrected chi connectivity index (χ0v) is 8.95. The van der Waals surface area contributed by atoms with Crippen molar-refractivity contribution in [2.45, 2.75) is 19.5 Å². The van der Waals surface area contributed by atoms with Gasteiger partial charge in [0.1, 0.15) is 0 Å². The molecule has 1 atom stereocenters. The molecule has 82 valence electrons. The summed E-state index contributed by atoms with van der Waals surface area (Å²) < 4.78 is 9.63. The van der Waals surface area contributed by atoms with E-state index in [2.05, 4.69) is 16.6 Å². The Morgan fingerprint density at radius 3 is 3.13 bits per heavy atom. The van der Waals surface area contributed by atoms with Crippen molar-refractivity contribution < 1.29 is 13.9 Å². The third kappa shape index (κ3) is 2.95. The first-order valence-corrected chi connectivity index (χ1v) is 4.69. The van der Waals surface area contributed by atoms with Crippen LogP contribution in [0.5, 0.6) is 0 Å². The molecular weight excluding hydrogens is 194 g/mol. The molecule has 1 aromatic rings. The van der Waals surface area contributed by atoms with Gasteiger partial charge < -0.3 is 14.5 Å². The summed E-state index contributed by atoms with van der Waals surface area (Å²) in [5.74, 6) is -0.204. The SMILES string of the molecule is C=CC(C)NCc1ccoc1C(=O)OC. The Hall–Kier alpha value is -1.55. The van der Waals surface area contributed by atoms with Crippen LogP contribution in [0.3, 0.4) is 0 Å². The van der Waals surface area contributed by atoms with Crippen LogP contribution in [-0.2, 0) is 11.3 Å². The number of methoxy groups -OCH3 is 1. The fourth-order valence-corrected chi connectivity index (χ4v) is 1.10. The van der Waals surface area contributed by atoms with Crippen molar-refractivity contribution in [1.29, 1.82) is 0 Å². The Balaban J connectivity index is 2.65. The summed E-state index contributed by atoms with van der Waals surface area (Å²) >= 11 is 0. The van der Waals surface area contributed by atoms with E-state index in [1.807, 2.05) is 6.92 Å². The van der Waals surface area contributed by atoms with Gasteiger partial charge in [0.05, 0.1) is 13.4 Å². The van der Waals surface area contributed by atoms with E-state index in [9.17, 15) is 4.79 Å². The van der Waals surface area contributed by atoms with Gasteiger partial charge in [-0.3, -0.25) is 0 Å². The third-order valence-corrected chi connectivity index (χ3v) is 2.09. The van der Waals surface area contributed by atoms with E-state index in [4.69, 9.17) is 4.42 Å². The molecule has 4 heteroatoms. The molecule has 1 aromatic heterocycles. The van der Waals surface area contributed by atoms with E-state index in [-0.39, 0.29) is 11.8 Å².